The second kappa shape index (κ2) is 6.71. The minimum absolute atomic E-state index is 0.129. The van der Waals surface area contributed by atoms with Crippen molar-refractivity contribution in [2.45, 2.75) is 0 Å². The van der Waals surface area contributed by atoms with Crippen molar-refractivity contribution < 1.29 is 9.72 Å². The maximum absolute atomic E-state index is 12.2. The highest BCUT2D eigenvalue weighted by molar-refractivity contribution is 14.1. The Morgan fingerprint density at radius 3 is 2.67 bits per heavy atom. The normalized spacial score (nSPS) is 10.2. The van der Waals surface area contributed by atoms with Crippen molar-refractivity contribution in [2.24, 2.45) is 0 Å². The highest BCUT2D eigenvalue weighted by Crippen LogP contribution is 2.29. The van der Waals surface area contributed by atoms with Gasteiger partial charge in [-0.05, 0) is 52.9 Å². The molecule has 0 aromatic heterocycles. The van der Waals surface area contributed by atoms with Crippen LogP contribution in [0.25, 0.3) is 0 Å². The number of rotatable bonds is 3. The minimum atomic E-state index is -0.552. The molecule has 2 aromatic rings. The molecule has 0 radical (unpaired) electrons. The Hall–Kier alpha value is -1.19. The van der Waals surface area contributed by atoms with Crippen LogP contribution in [-0.4, -0.2) is 10.8 Å². The number of nitro benzene ring substituents is 1. The van der Waals surface area contributed by atoms with E-state index in [0.717, 1.165) is 0 Å². The summed E-state index contributed by atoms with van der Waals surface area (Å²) >= 11 is 11.0. The number of nitrogens with one attached hydrogen (secondary N) is 1. The van der Waals surface area contributed by atoms with Gasteiger partial charge in [0.1, 0.15) is 5.69 Å². The molecule has 0 aliphatic heterocycles. The molecule has 0 atom stereocenters. The number of carbonyl (C=O) groups excluding carboxylic acids is 1. The molecule has 2 rings (SSSR count). The average Bonchev–Trinajstić information content (AvgIpc) is 2.43. The smallest absolute Gasteiger partial charge is 0.293 e. The van der Waals surface area contributed by atoms with Crippen LogP contribution in [0.15, 0.2) is 40.9 Å². The molecule has 0 spiro atoms. The van der Waals surface area contributed by atoms with Crippen LogP contribution in [0.1, 0.15) is 10.4 Å². The lowest BCUT2D eigenvalue weighted by Gasteiger charge is -2.08. The van der Waals surface area contributed by atoms with E-state index in [1.165, 1.54) is 18.2 Å². The van der Waals surface area contributed by atoms with Crippen LogP contribution < -0.4 is 5.32 Å². The molecule has 0 saturated heterocycles. The molecule has 0 aliphatic rings. The van der Waals surface area contributed by atoms with Crippen molar-refractivity contribution in [3.8, 4) is 0 Å². The Balaban J connectivity index is 2.36. The summed E-state index contributed by atoms with van der Waals surface area (Å²) < 4.78 is 1.26. The fraction of sp³-hybridized carbons (Fsp3) is 0. The summed E-state index contributed by atoms with van der Waals surface area (Å²) in [5.41, 5.74) is 0.305. The van der Waals surface area contributed by atoms with Crippen molar-refractivity contribution in [3.05, 3.63) is 65.1 Å². The lowest BCUT2D eigenvalue weighted by molar-refractivity contribution is -0.384. The molecular weight excluding hydrogens is 474 g/mol. The predicted octanol–water partition coefficient (Wildman–Crippen LogP) is 4.87. The highest BCUT2D eigenvalue weighted by Gasteiger charge is 2.18. The fourth-order valence-electron chi connectivity index (χ4n) is 1.62. The van der Waals surface area contributed by atoms with Crippen LogP contribution in [0.4, 0.5) is 11.4 Å². The third-order valence-electron chi connectivity index (χ3n) is 2.58. The van der Waals surface area contributed by atoms with E-state index >= 15 is 0 Å². The van der Waals surface area contributed by atoms with Crippen molar-refractivity contribution in [2.75, 3.05) is 5.32 Å². The highest BCUT2D eigenvalue weighted by atomic mass is 127. The Bertz CT molecular complexity index is 739. The number of anilines is 1. The van der Waals surface area contributed by atoms with Gasteiger partial charge in [0.2, 0.25) is 0 Å². The van der Waals surface area contributed by atoms with E-state index in [4.69, 9.17) is 11.6 Å². The van der Waals surface area contributed by atoms with Crippen LogP contribution in [-0.2, 0) is 0 Å². The molecule has 0 bridgehead atoms. The van der Waals surface area contributed by atoms with Gasteiger partial charge in [-0.2, -0.15) is 0 Å². The largest absolute Gasteiger partial charge is 0.316 e. The molecule has 1 N–H and O–H groups in total. The quantitative estimate of drug-likeness (QED) is 0.386. The predicted molar refractivity (Wildman–Crippen MR) is 92.9 cm³/mol. The van der Waals surface area contributed by atoms with Gasteiger partial charge in [-0.3, -0.25) is 14.9 Å². The molecule has 2 aromatic carbocycles. The maximum Gasteiger partial charge on any atom is 0.293 e. The second-order valence-corrected chi connectivity index (χ2v) is 6.51. The number of hydrogen-bond acceptors (Lipinski definition) is 3. The first-order valence-corrected chi connectivity index (χ1v) is 7.84. The van der Waals surface area contributed by atoms with Crippen LogP contribution in [0.2, 0.25) is 5.02 Å². The minimum Gasteiger partial charge on any atom is -0.316 e. The summed E-state index contributed by atoms with van der Waals surface area (Å²) in [6, 6.07) is 9.31. The van der Waals surface area contributed by atoms with E-state index in [1.54, 1.807) is 18.2 Å². The summed E-state index contributed by atoms with van der Waals surface area (Å²) in [5.74, 6) is -0.452. The summed E-state index contributed by atoms with van der Waals surface area (Å²) in [7, 11) is 0. The molecule has 21 heavy (non-hydrogen) atoms. The molecule has 0 fully saturated rings. The first kappa shape index (κ1) is 16.2. The average molecular weight is 481 g/mol. The zero-order chi connectivity index (χ0) is 15.6. The van der Waals surface area contributed by atoms with Crippen molar-refractivity contribution in [1.82, 2.24) is 0 Å². The van der Waals surface area contributed by atoms with Crippen molar-refractivity contribution in [1.29, 1.82) is 0 Å². The molecule has 0 heterocycles. The Kier molecular flexibility index (Phi) is 5.17. The van der Waals surface area contributed by atoms with Crippen molar-refractivity contribution in [3.63, 3.8) is 0 Å². The second-order valence-electron chi connectivity index (χ2n) is 4.00. The third kappa shape index (κ3) is 3.92. The summed E-state index contributed by atoms with van der Waals surface area (Å²) in [6.07, 6.45) is 0. The van der Waals surface area contributed by atoms with Crippen LogP contribution in [0, 0.1) is 13.7 Å². The summed E-state index contributed by atoms with van der Waals surface area (Å²) in [5, 5.41) is 14.0. The van der Waals surface area contributed by atoms with E-state index in [9.17, 15) is 14.9 Å². The van der Waals surface area contributed by atoms with Gasteiger partial charge in [0.25, 0.3) is 11.6 Å². The topological polar surface area (TPSA) is 72.2 Å². The maximum atomic E-state index is 12.2. The number of nitro groups is 1. The molecule has 1 amide bonds. The van der Waals surface area contributed by atoms with E-state index in [-0.39, 0.29) is 11.4 Å². The Labute approximate surface area is 147 Å². The summed E-state index contributed by atoms with van der Waals surface area (Å²) in [4.78, 5) is 22.7. The standard InChI is InChI=1S/C13H7BrClIN2O3/c14-7-1-4-11(12(5-7)18(20)21)17-13(19)9-6-8(15)2-3-10(9)16/h1-6H,(H,17,19). The number of amides is 1. The molecule has 5 nitrogen and oxygen atoms in total. The zero-order valence-corrected chi connectivity index (χ0v) is 14.8. The first-order chi connectivity index (χ1) is 9.88. The third-order valence-corrected chi connectivity index (χ3v) is 4.25. The Morgan fingerprint density at radius 1 is 1.29 bits per heavy atom. The van der Waals surface area contributed by atoms with E-state index in [1.807, 2.05) is 22.6 Å². The van der Waals surface area contributed by atoms with E-state index in [2.05, 4.69) is 21.2 Å². The van der Waals surface area contributed by atoms with E-state index < -0.39 is 10.8 Å². The number of benzene rings is 2. The molecule has 0 saturated carbocycles. The molecule has 0 unspecified atom stereocenters. The van der Waals surface area contributed by atoms with Gasteiger partial charge in [-0.15, -0.1) is 0 Å². The Morgan fingerprint density at radius 2 is 2.00 bits per heavy atom. The fourth-order valence-corrected chi connectivity index (χ4v) is 2.72. The lowest BCUT2D eigenvalue weighted by atomic mass is 10.2. The summed E-state index contributed by atoms with van der Waals surface area (Å²) in [6.45, 7) is 0. The van der Waals surface area contributed by atoms with Gasteiger partial charge in [0.05, 0.1) is 10.5 Å². The van der Waals surface area contributed by atoms with Gasteiger partial charge in [0.15, 0.2) is 0 Å². The zero-order valence-electron chi connectivity index (χ0n) is 10.3. The van der Waals surface area contributed by atoms with Crippen LogP contribution >= 0.6 is 50.1 Å². The SMILES string of the molecule is O=C(Nc1ccc(Br)cc1[N+](=O)[O-])c1cc(Cl)ccc1I. The number of carbonyl (C=O) groups is 1. The van der Waals surface area contributed by atoms with Crippen LogP contribution in [0.5, 0.6) is 0 Å². The van der Waals surface area contributed by atoms with Gasteiger partial charge in [-0.25, -0.2) is 0 Å². The first-order valence-electron chi connectivity index (χ1n) is 5.59. The van der Waals surface area contributed by atoms with Gasteiger partial charge in [0, 0.05) is 19.1 Å². The monoisotopic (exact) mass is 480 g/mol. The molecule has 8 heteroatoms. The molecular formula is C13H7BrClIN2O3. The van der Waals surface area contributed by atoms with E-state index in [0.29, 0.717) is 18.6 Å². The number of halogens is 3. The lowest BCUT2D eigenvalue weighted by Crippen LogP contribution is -2.14. The van der Waals surface area contributed by atoms with Gasteiger partial charge < -0.3 is 5.32 Å². The number of hydrogen-bond donors (Lipinski definition) is 1. The number of nitrogens with zero attached hydrogens (tertiary/aromatic N) is 1. The van der Waals surface area contributed by atoms with Gasteiger partial charge in [-0.1, -0.05) is 27.5 Å². The van der Waals surface area contributed by atoms with Gasteiger partial charge >= 0.3 is 0 Å². The van der Waals surface area contributed by atoms with Crippen LogP contribution in [0.3, 0.4) is 0 Å². The molecule has 0 aliphatic carbocycles. The van der Waals surface area contributed by atoms with Crippen molar-refractivity contribution >= 4 is 67.4 Å². The molecule has 108 valence electrons.